The molecular weight excluding hydrogens is 574 g/mol. The third-order valence-corrected chi connectivity index (χ3v) is 8.95. The molecule has 0 bridgehead atoms. The summed E-state index contributed by atoms with van der Waals surface area (Å²) in [6.45, 7) is 1.85. The number of nitrogen functional groups attached to an aromatic ring is 1. The molecule has 4 unspecified atom stereocenters. The molecule has 242 valence electrons. The molecule has 2 aromatic heterocycles. The molecule has 1 aliphatic rings. The molecule has 4 rings (SSSR count). The van der Waals surface area contributed by atoms with E-state index in [1.54, 1.807) is 18.3 Å². The lowest BCUT2D eigenvalue weighted by Gasteiger charge is -2.41. The number of carbonyl (C=O) groups excluding carboxylic acids is 2. The first kappa shape index (κ1) is 33.9. The lowest BCUT2D eigenvalue weighted by molar-refractivity contribution is -0.138. The SMILES string of the molecule is CCCC(CO)CCCC(=O)C(O)C(=O)CCc1cc(OC)c(O)c(C2c3ccnc(N)c3C=CC2(CO)Cc2ccc[nH]2)c1. The van der Waals surface area contributed by atoms with Crippen molar-refractivity contribution < 1.29 is 34.8 Å². The number of aromatic hydroxyl groups is 1. The number of ether oxygens (including phenoxy) is 1. The molecule has 3 aromatic rings. The number of methoxy groups -OCH3 is 1. The predicted octanol–water partition coefficient (Wildman–Crippen LogP) is 4.10. The molecule has 0 saturated carbocycles. The van der Waals surface area contributed by atoms with E-state index in [-0.39, 0.29) is 49.9 Å². The topological polar surface area (TPSA) is 179 Å². The molecule has 10 nitrogen and oxygen atoms in total. The van der Waals surface area contributed by atoms with Crippen LogP contribution in [0.2, 0.25) is 0 Å². The van der Waals surface area contributed by atoms with E-state index in [0.29, 0.717) is 41.8 Å². The Morgan fingerprint density at radius 2 is 1.91 bits per heavy atom. The molecule has 0 radical (unpaired) electrons. The highest BCUT2D eigenvalue weighted by atomic mass is 16.5. The molecule has 0 fully saturated rings. The predicted molar refractivity (Wildman–Crippen MR) is 172 cm³/mol. The minimum Gasteiger partial charge on any atom is -0.504 e. The molecule has 2 heterocycles. The van der Waals surface area contributed by atoms with Crippen LogP contribution in [0.3, 0.4) is 0 Å². The zero-order valence-corrected chi connectivity index (χ0v) is 26.0. The number of phenols is 1. The maximum atomic E-state index is 12.9. The number of aryl methyl sites for hydroxylation is 1. The number of aromatic nitrogens is 2. The Labute approximate surface area is 264 Å². The third kappa shape index (κ3) is 7.64. The number of aliphatic hydroxyl groups excluding tert-OH is 3. The van der Waals surface area contributed by atoms with E-state index in [9.17, 15) is 30.0 Å². The van der Waals surface area contributed by atoms with E-state index >= 15 is 0 Å². The van der Waals surface area contributed by atoms with Crippen molar-refractivity contribution in [2.75, 3.05) is 26.1 Å². The summed E-state index contributed by atoms with van der Waals surface area (Å²) in [5.74, 6) is -1.14. The van der Waals surface area contributed by atoms with Gasteiger partial charge in [-0.05, 0) is 73.4 Å². The molecule has 0 saturated heterocycles. The van der Waals surface area contributed by atoms with Gasteiger partial charge in [0.1, 0.15) is 5.82 Å². The van der Waals surface area contributed by atoms with E-state index in [0.717, 1.165) is 24.1 Å². The second-order valence-corrected chi connectivity index (χ2v) is 12.0. The number of pyridine rings is 1. The highest BCUT2D eigenvalue weighted by molar-refractivity contribution is 6.05. The lowest BCUT2D eigenvalue weighted by atomic mass is 9.63. The first-order valence-corrected chi connectivity index (χ1v) is 15.6. The normalized spacial score (nSPS) is 18.7. The van der Waals surface area contributed by atoms with Gasteiger partial charge in [-0.3, -0.25) is 9.59 Å². The van der Waals surface area contributed by atoms with Crippen LogP contribution in [-0.2, 0) is 22.4 Å². The number of phenolic OH excluding ortho intramolecular Hbond substituents is 1. The Morgan fingerprint density at radius 1 is 1.13 bits per heavy atom. The van der Waals surface area contributed by atoms with Gasteiger partial charge in [0.25, 0.3) is 0 Å². The summed E-state index contributed by atoms with van der Waals surface area (Å²) >= 11 is 0. The number of benzene rings is 1. The fraction of sp³-hybridized carbons (Fsp3) is 0.457. The average Bonchev–Trinajstić information content (AvgIpc) is 3.56. The second-order valence-electron chi connectivity index (χ2n) is 12.0. The number of nitrogens with zero attached hydrogens (tertiary/aromatic N) is 1. The molecule has 7 N–H and O–H groups in total. The second kappa shape index (κ2) is 15.3. The van der Waals surface area contributed by atoms with Gasteiger partial charge in [0, 0.05) is 60.0 Å². The monoisotopic (exact) mass is 619 g/mol. The van der Waals surface area contributed by atoms with Crippen LogP contribution in [0.4, 0.5) is 5.82 Å². The van der Waals surface area contributed by atoms with Gasteiger partial charge >= 0.3 is 0 Å². The van der Waals surface area contributed by atoms with Crippen molar-refractivity contribution in [1.82, 2.24) is 9.97 Å². The fourth-order valence-electron chi connectivity index (χ4n) is 6.49. The minimum atomic E-state index is -1.71. The van der Waals surface area contributed by atoms with Gasteiger partial charge in [-0.2, -0.15) is 0 Å². The van der Waals surface area contributed by atoms with Gasteiger partial charge in [-0.1, -0.05) is 31.6 Å². The van der Waals surface area contributed by atoms with Crippen molar-refractivity contribution in [2.24, 2.45) is 11.3 Å². The number of ketones is 2. The molecule has 0 amide bonds. The number of rotatable bonds is 17. The minimum absolute atomic E-state index is 0.0555. The van der Waals surface area contributed by atoms with Gasteiger partial charge in [-0.25, -0.2) is 4.98 Å². The van der Waals surface area contributed by atoms with Gasteiger partial charge in [0.05, 0.1) is 13.7 Å². The first-order chi connectivity index (χ1) is 21.7. The summed E-state index contributed by atoms with van der Waals surface area (Å²) in [4.78, 5) is 32.9. The van der Waals surface area contributed by atoms with E-state index < -0.39 is 29.0 Å². The van der Waals surface area contributed by atoms with Crippen molar-refractivity contribution in [3.8, 4) is 11.5 Å². The summed E-state index contributed by atoms with van der Waals surface area (Å²) in [5, 5.41) is 42.4. The van der Waals surface area contributed by atoms with Crippen molar-refractivity contribution >= 4 is 23.5 Å². The number of H-pyrrole nitrogens is 1. The van der Waals surface area contributed by atoms with Gasteiger partial charge in [0.2, 0.25) is 0 Å². The van der Waals surface area contributed by atoms with Crippen LogP contribution in [0.15, 0.2) is 48.8 Å². The molecule has 10 heteroatoms. The first-order valence-electron chi connectivity index (χ1n) is 15.6. The summed E-state index contributed by atoms with van der Waals surface area (Å²) in [6, 6.07) is 9.06. The molecule has 45 heavy (non-hydrogen) atoms. The molecule has 0 spiro atoms. The van der Waals surface area contributed by atoms with Crippen LogP contribution >= 0.6 is 0 Å². The van der Waals surface area contributed by atoms with Crippen molar-refractivity contribution in [1.29, 1.82) is 0 Å². The third-order valence-electron chi connectivity index (χ3n) is 8.95. The zero-order valence-electron chi connectivity index (χ0n) is 26.0. The molecular formula is C35H45N3O7. The standard InChI is InChI=1S/C35H45N3O7/c1-3-6-22(20-39)7-4-9-28(41)33(44)29(42)11-10-23-17-27(32(43)30(18-23)45-2)31-25-13-16-38-34(36)26(25)12-14-35(31,21-40)19-24-8-5-15-37-24/h5,8,12-18,22,31,33,37,39-40,43-44H,3-4,6-7,9-11,19-21H2,1-2H3,(H2,36,38). The number of hydrogen-bond acceptors (Lipinski definition) is 9. The Morgan fingerprint density at radius 3 is 2.58 bits per heavy atom. The quantitative estimate of drug-likeness (QED) is 0.121. The Hall–Kier alpha value is -3.99. The Balaban J connectivity index is 1.60. The van der Waals surface area contributed by atoms with Crippen LogP contribution in [-0.4, -0.2) is 68.4 Å². The molecule has 0 aliphatic heterocycles. The number of anilines is 1. The van der Waals surface area contributed by atoms with Crippen LogP contribution in [0, 0.1) is 11.3 Å². The largest absolute Gasteiger partial charge is 0.504 e. The maximum absolute atomic E-state index is 12.9. The summed E-state index contributed by atoms with van der Waals surface area (Å²) in [6.07, 6.45) is 9.01. The highest BCUT2D eigenvalue weighted by Crippen LogP contribution is 2.53. The zero-order chi connectivity index (χ0) is 32.6. The van der Waals surface area contributed by atoms with E-state index in [1.807, 2.05) is 43.5 Å². The van der Waals surface area contributed by atoms with E-state index in [2.05, 4.69) is 9.97 Å². The average molecular weight is 620 g/mol. The molecule has 1 aliphatic carbocycles. The van der Waals surface area contributed by atoms with Gasteiger partial charge < -0.3 is 35.9 Å². The van der Waals surface area contributed by atoms with Crippen LogP contribution in [0.25, 0.3) is 6.08 Å². The summed E-state index contributed by atoms with van der Waals surface area (Å²) in [5.41, 5.74) is 8.88. The molecule has 1 aromatic carbocycles. The van der Waals surface area contributed by atoms with Gasteiger partial charge in [-0.15, -0.1) is 0 Å². The smallest absolute Gasteiger partial charge is 0.170 e. The van der Waals surface area contributed by atoms with E-state index in [4.69, 9.17) is 10.5 Å². The summed E-state index contributed by atoms with van der Waals surface area (Å²) < 4.78 is 5.54. The Kier molecular flexibility index (Phi) is 11.6. The van der Waals surface area contributed by atoms with Crippen molar-refractivity contribution in [2.45, 2.75) is 70.3 Å². The number of nitrogens with two attached hydrogens (primary N) is 1. The van der Waals surface area contributed by atoms with Crippen molar-refractivity contribution in [3.63, 3.8) is 0 Å². The number of nitrogens with one attached hydrogen (secondary N) is 1. The number of fused-ring (bicyclic) bond motifs is 1. The molecule has 4 atom stereocenters. The number of aromatic amines is 1. The highest BCUT2D eigenvalue weighted by Gasteiger charge is 2.44. The number of hydrogen-bond donors (Lipinski definition) is 6. The maximum Gasteiger partial charge on any atom is 0.170 e. The van der Waals surface area contributed by atoms with Crippen molar-refractivity contribution in [3.05, 3.63) is 76.7 Å². The number of Topliss-reactive ketones (excluding diaryl/α,β-unsaturated/α-hetero) is 2. The fourth-order valence-corrected chi connectivity index (χ4v) is 6.49. The lowest BCUT2D eigenvalue weighted by Crippen LogP contribution is -2.36. The Bertz CT molecular complexity index is 1490. The number of carbonyl (C=O) groups is 2. The van der Waals surface area contributed by atoms with Gasteiger partial charge in [0.15, 0.2) is 29.2 Å². The number of aliphatic hydroxyl groups is 3. The van der Waals surface area contributed by atoms with Crippen LogP contribution in [0.5, 0.6) is 11.5 Å². The van der Waals surface area contributed by atoms with E-state index in [1.165, 1.54) is 7.11 Å². The van der Waals surface area contributed by atoms with Crippen LogP contribution in [0.1, 0.15) is 79.3 Å². The van der Waals surface area contributed by atoms with Crippen LogP contribution < -0.4 is 10.5 Å². The summed E-state index contributed by atoms with van der Waals surface area (Å²) in [7, 11) is 1.44.